The van der Waals surface area contributed by atoms with Gasteiger partial charge in [-0.25, -0.2) is 5.01 Å². The van der Waals surface area contributed by atoms with E-state index >= 15 is 0 Å². The topological polar surface area (TPSA) is 32.7 Å². The fourth-order valence-electron chi connectivity index (χ4n) is 2.30. The first-order valence-electron chi connectivity index (χ1n) is 7.15. The predicted octanol–water partition coefficient (Wildman–Crippen LogP) is 4.72. The van der Waals surface area contributed by atoms with Crippen LogP contribution >= 0.6 is 35.0 Å². The van der Waals surface area contributed by atoms with Crippen LogP contribution in [0.25, 0.3) is 0 Å². The van der Waals surface area contributed by atoms with Gasteiger partial charge >= 0.3 is 0 Å². The minimum absolute atomic E-state index is 0.0445. The van der Waals surface area contributed by atoms with E-state index in [2.05, 4.69) is 5.10 Å². The number of nitrogens with zero attached hydrogens (tertiary/aromatic N) is 2. The van der Waals surface area contributed by atoms with E-state index in [0.717, 1.165) is 22.6 Å². The molecule has 0 saturated carbocycles. The fourth-order valence-corrected chi connectivity index (χ4v) is 3.85. The van der Waals surface area contributed by atoms with Crippen LogP contribution in [0.4, 0.5) is 0 Å². The van der Waals surface area contributed by atoms with E-state index in [-0.39, 0.29) is 11.7 Å². The number of amides is 1. The van der Waals surface area contributed by atoms with Crippen LogP contribution in [0.15, 0.2) is 58.5 Å². The molecule has 0 aromatic heterocycles. The van der Waals surface area contributed by atoms with Gasteiger partial charge in [0.2, 0.25) is 0 Å². The standard InChI is InChI=1S/C17H14Cl2N2OS/c18-13-7-4-8-14(19)17(13)23-11-16(22)21-10-9-15(20-21)12-5-2-1-3-6-12/h1-8H,9-11H2. The molecule has 1 aliphatic rings. The Labute approximate surface area is 149 Å². The van der Waals surface area contributed by atoms with Crippen LogP contribution in [0.5, 0.6) is 0 Å². The van der Waals surface area contributed by atoms with Gasteiger partial charge in [0, 0.05) is 11.3 Å². The second-order valence-corrected chi connectivity index (χ2v) is 6.82. The van der Waals surface area contributed by atoms with Crippen LogP contribution in [0.3, 0.4) is 0 Å². The molecule has 6 heteroatoms. The van der Waals surface area contributed by atoms with E-state index in [1.54, 1.807) is 18.2 Å². The molecule has 0 fully saturated rings. The maximum absolute atomic E-state index is 12.3. The summed E-state index contributed by atoms with van der Waals surface area (Å²) in [7, 11) is 0. The van der Waals surface area contributed by atoms with E-state index in [0.29, 0.717) is 16.6 Å². The molecule has 118 valence electrons. The fraction of sp³-hybridized carbons (Fsp3) is 0.176. The summed E-state index contributed by atoms with van der Waals surface area (Å²) in [6.07, 6.45) is 0.771. The summed E-state index contributed by atoms with van der Waals surface area (Å²) in [5, 5.41) is 7.09. The van der Waals surface area contributed by atoms with Crippen LogP contribution < -0.4 is 0 Å². The number of carbonyl (C=O) groups excluding carboxylic acids is 1. The molecule has 0 saturated heterocycles. The molecule has 3 rings (SSSR count). The molecule has 0 aliphatic carbocycles. The molecule has 1 aliphatic heterocycles. The van der Waals surface area contributed by atoms with Crippen molar-refractivity contribution in [3.8, 4) is 0 Å². The van der Waals surface area contributed by atoms with E-state index in [4.69, 9.17) is 23.2 Å². The zero-order valence-corrected chi connectivity index (χ0v) is 14.5. The number of hydrazone groups is 1. The Kier molecular flexibility index (Phi) is 5.26. The number of thioether (sulfide) groups is 1. The Balaban J connectivity index is 1.65. The van der Waals surface area contributed by atoms with Gasteiger partial charge in [-0.15, -0.1) is 11.8 Å². The highest BCUT2D eigenvalue weighted by Gasteiger charge is 2.22. The van der Waals surface area contributed by atoms with Crippen molar-refractivity contribution in [2.24, 2.45) is 5.10 Å². The molecule has 0 N–H and O–H groups in total. The highest BCUT2D eigenvalue weighted by molar-refractivity contribution is 8.00. The molecule has 2 aromatic rings. The number of hydrogen-bond acceptors (Lipinski definition) is 3. The third-order valence-electron chi connectivity index (χ3n) is 3.46. The van der Waals surface area contributed by atoms with Gasteiger partial charge in [-0.3, -0.25) is 4.79 Å². The largest absolute Gasteiger partial charge is 0.272 e. The van der Waals surface area contributed by atoms with Gasteiger partial charge < -0.3 is 0 Å². The summed E-state index contributed by atoms with van der Waals surface area (Å²) < 4.78 is 0. The van der Waals surface area contributed by atoms with Crippen molar-refractivity contribution in [1.29, 1.82) is 0 Å². The van der Waals surface area contributed by atoms with Crippen LogP contribution in [-0.2, 0) is 4.79 Å². The highest BCUT2D eigenvalue weighted by Crippen LogP contribution is 2.34. The zero-order chi connectivity index (χ0) is 16.2. The Bertz CT molecular complexity index is 729. The Hall–Kier alpha value is -1.49. The van der Waals surface area contributed by atoms with Gasteiger partial charge in [0.05, 0.1) is 28.1 Å². The van der Waals surface area contributed by atoms with Crippen molar-refractivity contribution in [3.05, 3.63) is 64.1 Å². The van der Waals surface area contributed by atoms with Crippen molar-refractivity contribution in [3.63, 3.8) is 0 Å². The zero-order valence-electron chi connectivity index (χ0n) is 12.2. The van der Waals surface area contributed by atoms with Gasteiger partial charge in [-0.2, -0.15) is 5.10 Å². The predicted molar refractivity (Wildman–Crippen MR) is 96.5 cm³/mol. The maximum atomic E-state index is 12.3. The first-order valence-corrected chi connectivity index (χ1v) is 8.89. The minimum Gasteiger partial charge on any atom is -0.272 e. The molecule has 0 spiro atoms. The lowest BCUT2D eigenvalue weighted by Gasteiger charge is -2.12. The quantitative estimate of drug-likeness (QED) is 0.735. The molecule has 0 atom stereocenters. The summed E-state index contributed by atoms with van der Waals surface area (Å²) in [6, 6.07) is 15.2. The molecule has 1 amide bonds. The third kappa shape index (κ3) is 3.89. The Morgan fingerprint density at radius 1 is 1.09 bits per heavy atom. The summed E-state index contributed by atoms with van der Waals surface area (Å²) in [5.41, 5.74) is 2.00. The molecule has 0 bridgehead atoms. The van der Waals surface area contributed by atoms with E-state index in [1.807, 2.05) is 30.3 Å². The van der Waals surface area contributed by atoms with Gasteiger partial charge in [0.15, 0.2) is 0 Å². The van der Waals surface area contributed by atoms with Gasteiger partial charge in [0.1, 0.15) is 0 Å². The maximum Gasteiger partial charge on any atom is 0.253 e. The van der Waals surface area contributed by atoms with Crippen molar-refractivity contribution in [2.45, 2.75) is 11.3 Å². The smallest absolute Gasteiger partial charge is 0.253 e. The lowest BCUT2D eigenvalue weighted by molar-refractivity contribution is -0.127. The molecular weight excluding hydrogens is 351 g/mol. The molecule has 3 nitrogen and oxygen atoms in total. The molecule has 0 radical (unpaired) electrons. The number of benzene rings is 2. The van der Waals surface area contributed by atoms with Gasteiger partial charge in [0.25, 0.3) is 5.91 Å². The monoisotopic (exact) mass is 364 g/mol. The lowest BCUT2D eigenvalue weighted by atomic mass is 10.1. The lowest BCUT2D eigenvalue weighted by Crippen LogP contribution is -2.25. The molecule has 23 heavy (non-hydrogen) atoms. The normalized spacial score (nSPS) is 14.0. The Morgan fingerprint density at radius 2 is 1.78 bits per heavy atom. The Morgan fingerprint density at radius 3 is 2.48 bits per heavy atom. The van der Waals surface area contributed by atoms with Gasteiger partial charge in [-0.1, -0.05) is 59.6 Å². The van der Waals surface area contributed by atoms with E-state index in [1.165, 1.54) is 16.8 Å². The molecule has 2 aromatic carbocycles. The van der Waals surface area contributed by atoms with Crippen molar-refractivity contribution < 1.29 is 4.79 Å². The van der Waals surface area contributed by atoms with E-state index in [9.17, 15) is 4.79 Å². The van der Waals surface area contributed by atoms with Crippen LogP contribution in [0, 0.1) is 0 Å². The third-order valence-corrected chi connectivity index (χ3v) is 5.43. The van der Waals surface area contributed by atoms with E-state index < -0.39 is 0 Å². The van der Waals surface area contributed by atoms with Crippen LogP contribution in [0.1, 0.15) is 12.0 Å². The second kappa shape index (κ2) is 7.39. The molecular formula is C17H14Cl2N2OS. The highest BCUT2D eigenvalue weighted by atomic mass is 35.5. The van der Waals surface area contributed by atoms with Crippen molar-refractivity contribution in [2.75, 3.05) is 12.3 Å². The summed E-state index contributed by atoms with van der Waals surface area (Å²) in [4.78, 5) is 13.1. The molecule has 0 unspecified atom stereocenters. The number of halogens is 2. The number of rotatable bonds is 4. The SMILES string of the molecule is O=C(CSc1c(Cl)cccc1Cl)N1CCC(c2ccccc2)=N1. The van der Waals surface area contributed by atoms with Crippen molar-refractivity contribution in [1.82, 2.24) is 5.01 Å². The van der Waals surface area contributed by atoms with Crippen LogP contribution in [0.2, 0.25) is 10.0 Å². The summed E-state index contributed by atoms with van der Waals surface area (Å²) >= 11 is 13.6. The first kappa shape index (κ1) is 16.4. The second-order valence-electron chi connectivity index (χ2n) is 5.02. The summed E-state index contributed by atoms with van der Waals surface area (Å²) in [5.74, 6) is 0.214. The minimum atomic E-state index is -0.0445. The summed E-state index contributed by atoms with van der Waals surface area (Å²) in [6.45, 7) is 0.611. The number of hydrogen-bond donors (Lipinski definition) is 0. The van der Waals surface area contributed by atoms with Gasteiger partial charge in [-0.05, 0) is 17.7 Å². The average molecular weight is 365 g/mol. The van der Waals surface area contributed by atoms with Crippen LogP contribution in [-0.4, -0.2) is 28.9 Å². The number of carbonyl (C=O) groups is 1. The van der Waals surface area contributed by atoms with Crippen molar-refractivity contribution >= 4 is 46.6 Å². The average Bonchev–Trinajstić information content (AvgIpc) is 3.05. The molecule has 1 heterocycles. The first-order chi connectivity index (χ1) is 11.1.